The van der Waals surface area contributed by atoms with Crippen molar-refractivity contribution in [2.75, 3.05) is 33.5 Å². The number of benzene rings is 2. The van der Waals surface area contributed by atoms with Crippen LogP contribution in [0.2, 0.25) is 0 Å². The number of nitriles is 1. The molecular formula is C30H31N3O7S. The number of thiazole rings is 1. The summed E-state index contributed by atoms with van der Waals surface area (Å²) in [6.45, 7) is 7.94. The van der Waals surface area contributed by atoms with Gasteiger partial charge in [-0.1, -0.05) is 29.5 Å². The number of para-hydroxylation sites is 1. The first-order valence-corrected chi connectivity index (χ1v) is 14.0. The Labute approximate surface area is 241 Å². The lowest BCUT2D eigenvalue weighted by Gasteiger charge is -2.26. The van der Waals surface area contributed by atoms with Crippen LogP contribution in [0.15, 0.2) is 57.5 Å². The lowest BCUT2D eigenvalue weighted by atomic mass is 9.94. The van der Waals surface area contributed by atoms with Crippen LogP contribution in [0, 0.1) is 11.3 Å². The minimum absolute atomic E-state index is 0.117. The molecule has 1 aliphatic heterocycles. The minimum Gasteiger partial charge on any atom is -0.493 e. The van der Waals surface area contributed by atoms with Gasteiger partial charge in [0.25, 0.3) is 5.56 Å². The van der Waals surface area contributed by atoms with Crippen molar-refractivity contribution in [3.63, 3.8) is 0 Å². The van der Waals surface area contributed by atoms with E-state index in [1.54, 1.807) is 50.3 Å². The summed E-state index contributed by atoms with van der Waals surface area (Å²) in [5.74, 6) is 1.24. The van der Waals surface area contributed by atoms with Crippen LogP contribution in [0.25, 0.3) is 6.08 Å². The molecule has 0 fully saturated rings. The molecular weight excluding hydrogens is 546 g/mol. The summed E-state index contributed by atoms with van der Waals surface area (Å²) in [4.78, 5) is 32.4. The van der Waals surface area contributed by atoms with Crippen LogP contribution in [0.4, 0.5) is 0 Å². The lowest BCUT2D eigenvalue weighted by molar-refractivity contribution is -0.139. The third kappa shape index (κ3) is 5.98. The van der Waals surface area contributed by atoms with Gasteiger partial charge in [-0.15, -0.1) is 0 Å². The highest BCUT2D eigenvalue weighted by molar-refractivity contribution is 7.07. The number of hydrogen-bond acceptors (Lipinski definition) is 10. The fourth-order valence-electron chi connectivity index (χ4n) is 4.56. The molecule has 0 saturated heterocycles. The van der Waals surface area contributed by atoms with Crippen LogP contribution < -0.4 is 33.8 Å². The number of methoxy groups -OCH3 is 1. The summed E-state index contributed by atoms with van der Waals surface area (Å²) < 4.78 is 30.0. The molecule has 3 aromatic rings. The summed E-state index contributed by atoms with van der Waals surface area (Å²) in [5.41, 5.74) is 1.63. The topological polar surface area (TPSA) is 121 Å². The highest BCUT2D eigenvalue weighted by atomic mass is 32.1. The largest absolute Gasteiger partial charge is 0.493 e. The van der Waals surface area contributed by atoms with Gasteiger partial charge in [-0.25, -0.2) is 9.79 Å². The second-order valence-corrected chi connectivity index (χ2v) is 9.71. The number of fused-ring (bicyclic) bond motifs is 1. The van der Waals surface area contributed by atoms with Gasteiger partial charge in [0.2, 0.25) is 0 Å². The molecule has 1 atom stereocenters. The van der Waals surface area contributed by atoms with Crippen LogP contribution in [-0.2, 0) is 9.53 Å². The highest BCUT2D eigenvalue weighted by Gasteiger charge is 2.36. The van der Waals surface area contributed by atoms with Crippen molar-refractivity contribution in [2.24, 2.45) is 4.99 Å². The van der Waals surface area contributed by atoms with E-state index in [0.717, 1.165) is 0 Å². The molecule has 2 aromatic carbocycles. The van der Waals surface area contributed by atoms with Gasteiger partial charge in [0.05, 0.1) is 42.7 Å². The Morgan fingerprint density at radius 2 is 1.85 bits per heavy atom. The Bertz CT molecular complexity index is 1700. The average molecular weight is 578 g/mol. The molecule has 0 radical (unpaired) electrons. The van der Waals surface area contributed by atoms with Gasteiger partial charge in [-0.2, -0.15) is 5.26 Å². The van der Waals surface area contributed by atoms with Gasteiger partial charge >= 0.3 is 5.97 Å². The zero-order chi connectivity index (χ0) is 29.5. The highest BCUT2D eigenvalue weighted by Crippen LogP contribution is 2.40. The predicted octanol–water partition coefficient (Wildman–Crippen LogP) is 3.51. The van der Waals surface area contributed by atoms with Crippen molar-refractivity contribution in [1.29, 1.82) is 5.26 Å². The summed E-state index contributed by atoms with van der Waals surface area (Å²) >= 11 is 1.21. The Kier molecular flexibility index (Phi) is 9.47. The maximum Gasteiger partial charge on any atom is 0.338 e. The minimum atomic E-state index is -0.857. The molecule has 10 nitrogen and oxygen atoms in total. The smallest absolute Gasteiger partial charge is 0.338 e. The number of nitrogens with zero attached hydrogens (tertiary/aromatic N) is 3. The Morgan fingerprint density at radius 1 is 1.07 bits per heavy atom. The quantitative estimate of drug-likeness (QED) is 0.318. The Morgan fingerprint density at radius 3 is 2.54 bits per heavy atom. The Hall–Kier alpha value is -4.56. The second-order valence-electron chi connectivity index (χ2n) is 8.70. The molecule has 0 amide bonds. The SMILES string of the molecule is CCOC(=O)C1=C(C)N=c2s/c(=C/c3ccc(OCC#N)c(OCC)c3)c(=O)n2[C@H]1c1cccc(OC)c1OCC. The summed E-state index contributed by atoms with van der Waals surface area (Å²) in [6.07, 6.45) is 1.73. The zero-order valence-corrected chi connectivity index (χ0v) is 24.4. The van der Waals surface area contributed by atoms with Crippen LogP contribution in [0.3, 0.4) is 0 Å². The van der Waals surface area contributed by atoms with Crippen LogP contribution >= 0.6 is 11.3 Å². The van der Waals surface area contributed by atoms with Crippen molar-refractivity contribution in [1.82, 2.24) is 4.57 Å². The molecule has 41 heavy (non-hydrogen) atoms. The Balaban J connectivity index is 1.94. The molecule has 0 aliphatic carbocycles. The van der Waals surface area contributed by atoms with Crippen LogP contribution in [0.1, 0.15) is 44.9 Å². The predicted molar refractivity (Wildman–Crippen MR) is 153 cm³/mol. The fraction of sp³-hybridized carbons (Fsp3) is 0.333. The molecule has 0 saturated carbocycles. The van der Waals surface area contributed by atoms with Crippen molar-refractivity contribution >= 4 is 23.4 Å². The normalized spacial score (nSPS) is 14.5. The first-order valence-electron chi connectivity index (χ1n) is 13.1. The van der Waals surface area contributed by atoms with E-state index in [9.17, 15) is 9.59 Å². The first kappa shape index (κ1) is 29.4. The van der Waals surface area contributed by atoms with E-state index in [2.05, 4.69) is 4.99 Å². The number of allylic oxidation sites excluding steroid dienone is 1. The number of carbonyl (C=O) groups excluding carboxylic acids is 1. The number of aromatic nitrogens is 1. The molecule has 0 N–H and O–H groups in total. The molecule has 1 aliphatic rings. The number of esters is 1. The van der Waals surface area contributed by atoms with Crippen molar-refractivity contribution in [3.8, 4) is 29.1 Å². The van der Waals surface area contributed by atoms with Gasteiger partial charge in [-0.3, -0.25) is 9.36 Å². The molecule has 0 spiro atoms. The maximum absolute atomic E-state index is 14.0. The van der Waals surface area contributed by atoms with Crippen molar-refractivity contribution < 1.29 is 28.5 Å². The van der Waals surface area contributed by atoms with E-state index in [-0.39, 0.29) is 24.3 Å². The van der Waals surface area contributed by atoms with E-state index in [4.69, 9.17) is 28.9 Å². The zero-order valence-electron chi connectivity index (χ0n) is 23.6. The van der Waals surface area contributed by atoms with Gasteiger partial charge in [0.1, 0.15) is 12.1 Å². The fourth-order valence-corrected chi connectivity index (χ4v) is 5.60. The summed E-state index contributed by atoms with van der Waals surface area (Å²) in [6, 6.07) is 11.7. The molecule has 2 heterocycles. The van der Waals surface area contributed by atoms with Crippen molar-refractivity contribution in [2.45, 2.75) is 33.7 Å². The summed E-state index contributed by atoms with van der Waals surface area (Å²) in [5, 5.41) is 8.88. The van der Waals surface area contributed by atoms with Gasteiger partial charge in [0.15, 0.2) is 34.4 Å². The third-order valence-corrected chi connectivity index (χ3v) is 7.17. The van der Waals surface area contributed by atoms with Gasteiger partial charge in [-0.05, 0) is 57.5 Å². The van der Waals surface area contributed by atoms with Crippen LogP contribution in [-0.4, -0.2) is 44.1 Å². The van der Waals surface area contributed by atoms with Crippen molar-refractivity contribution in [3.05, 3.63) is 78.5 Å². The molecule has 0 unspecified atom stereocenters. The van der Waals surface area contributed by atoms with E-state index < -0.39 is 12.0 Å². The molecule has 0 bridgehead atoms. The van der Waals surface area contributed by atoms with Gasteiger partial charge < -0.3 is 23.7 Å². The average Bonchev–Trinajstić information content (AvgIpc) is 3.26. The number of ether oxygens (including phenoxy) is 5. The number of hydrogen-bond donors (Lipinski definition) is 0. The molecule has 4 rings (SSSR count). The standard InChI is InChI=1S/C30H31N3O7S/c1-6-37-23-16-19(12-13-21(23)40-15-14-31)17-24-28(34)33-26(20-10-9-11-22(36-5)27(20)38-7-2)25(29(35)39-8-3)18(4)32-30(33)41-24/h9-13,16-17,26H,6-8,15H2,1-5H3/b24-17+/t26-/m0/s1. The number of rotatable bonds is 11. The van der Waals surface area contributed by atoms with E-state index in [1.165, 1.54) is 23.0 Å². The number of carbonyl (C=O) groups is 1. The molecule has 214 valence electrons. The third-order valence-electron chi connectivity index (χ3n) is 6.19. The maximum atomic E-state index is 14.0. The lowest BCUT2D eigenvalue weighted by Crippen LogP contribution is -2.40. The van der Waals surface area contributed by atoms with E-state index >= 15 is 0 Å². The monoisotopic (exact) mass is 577 g/mol. The molecule has 1 aromatic heterocycles. The first-order chi connectivity index (χ1) is 19.9. The van der Waals surface area contributed by atoms with Crippen LogP contribution in [0.5, 0.6) is 23.0 Å². The van der Waals surface area contributed by atoms with Gasteiger partial charge in [0, 0.05) is 5.56 Å². The summed E-state index contributed by atoms with van der Waals surface area (Å²) in [7, 11) is 1.54. The molecule has 11 heteroatoms. The van der Waals surface area contributed by atoms with E-state index in [1.807, 2.05) is 26.0 Å². The van der Waals surface area contributed by atoms with E-state index in [0.29, 0.717) is 62.4 Å². The second kappa shape index (κ2) is 13.2.